The third kappa shape index (κ3) is 8.31. The third-order valence-electron chi connectivity index (χ3n) is 15.8. The van der Waals surface area contributed by atoms with Gasteiger partial charge in [0.05, 0.1) is 50.6 Å². The molecule has 2 aliphatic carbocycles. The molecule has 14 heteroatoms. The molecule has 14 nitrogen and oxygen atoms in total. The predicted octanol–water partition coefficient (Wildman–Crippen LogP) is 11.5. The van der Waals surface area contributed by atoms with Gasteiger partial charge in [0, 0.05) is 88.8 Å². The number of carbonyl (C=O) groups excluding carboxylic acids is 2. The van der Waals surface area contributed by atoms with E-state index < -0.39 is 22.3 Å². The molecule has 6 aromatic heterocycles. The second-order valence-electron chi connectivity index (χ2n) is 21.1. The summed E-state index contributed by atoms with van der Waals surface area (Å²) in [5, 5.41) is 32.5. The van der Waals surface area contributed by atoms with Gasteiger partial charge in [-0.2, -0.15) is 19.2 Å². The number of carbonyl (C=O) groups is 2. The summed E-state index contributed by atoms with van der Waals surface area (Å²) in [6, 6.07) is 51.2. The number of pyridine rings is 2. The van der Waals surface area contributed by atoms with Crippen LogP contribution in [0.2, 0.25) is 0 Å². The topological polar surface area (TPSA) is 190 Å². The normalized spacial score (nSPS) is 21.3. The first kappa shape index (κ1) is 50.5. The fraction of sp³-hybridized carbons (Fsp3) is 0.169. The fourth-order valence-electron chi connectivity index (χ4n) is 11.9. The summed E-state index contributed by atoms with van der Waals surface area (Å²) in [7, 11) is 0. The number of amides is 2. The number of aryl methyl sites for hydroxylation is 2. The van der Waals surface area contributed by atoms with Gasteiger partial charge < -0.3 is 15.9 Å². The monoisotopic (exact) mass is 1040 g/mol. The van der Waals surface area contributed by atoms with Gasteiger partial charge in [-0.1, -0.05) is 141 Å². The lowest BCUT2D eigenvalue weighted by Gasteiger charge is -2.55. The molecule has 1 aliphatic heterocycles. The molecule has 14 rings (SSSR count). The minimum atomic E-state index is -1.18. The van der Waals surface area contributed by atoms with Crippen LogP contribution in [-0.2, 0) is 11.1 Å². The van der Waals surface area contributed by atoms with E-state index in [0.717, 1.165) is 95.0 Å². The SMILES string of the molecule is C.C=CC1(O)CC(N)(c2ccc(-c3nc4c(cnc5cc(C)nn54)cc3-c3ccccc3)cc2)C1.C=CC1(O)CC(c2ccc(-c3nc4c(cnc5cc(C)nn54)cc3-c3ccccc3)cc2)(N2C(=O)c3ccccc3C2=O)C1. The van der Waals surface area contributed by atoms with Crippen LogP contribution in [0.1, 0.15) is 76.3 Å². The maximum Gasteiger partial charge on any atom is 0.262 e. The second-order valence-corrected chi connectivity index (χ2v) is 21.1. The lowest BCUT2D eigenvalue weighted by atomic mass is 9.60. The molecule has 0 spiro atoms. The van der Waals surface area contributed by atoms with E-state index in [-0.39, 0.29) is 32.1 Å². The van der Waals surface area contributed by atoms with Gasteiger partial charge in [-0.3, -0.25) is 14.5 Å². The van der Waals surface area contributed by atoms with Crippen LogP contribution in [-0.4, -0.2) is 77.3 Å². The van der Waals surface area contributed by atoms with Gasteiger partial charge in [0.25, 0.3) is 11.8 Å². The third-order valence-corrected chi connectivity index (χ3v) is 15.8. The van der Waals surface area contributed by atoms with E-state index in [0.29, 0.717) is 29.6 Å². The molecule has 2 saturated carbocycles. The molecule has 79 heavy (non-hydrogen) atoms. The van der Waals surface area contributed by atoms with Crippen molar-refractivity contribution in [2.75, 3.05) is 0 Å². The largest absolute Gasteiger partial charge is 0.386 e. The van der Waals surface area contributed by atoms with Crippen molar-refractivity contribution >= 4 is 45.2 Å². The van der Waals surface area contributed by atoms with Gasteiger partial charge in [0.2, 0.25) is 0 Å². The highest BCUT2D eigenvalue weighted by molar-refractivity contribution is 6.22. The van der Waals surface area contributed by atoms with Gasteiger partial charge in [-0.15, -0.1) is 13.2 Å². The Hall–Kier alpha value is -9.34. The number of imide groups is 1. The Labute approximate surface area is 455 Å². The van der Waals surface area contributed by atoms with Crippen LogP contribution < -0.4 is 5.73 Å². The first-order valence-electron chi connectivity index (χ1n) is 25.8. The van der Waals surface area contributed by atoms with E-state index in [1.165, 1.54) is 11.0 Å². The lowest BCUT2D eigenvalue weighted by molar-refractivity contribution is -0.0989. The van der Waals surface area contributed by atoms with Crippen LogP contribution in [0.15, 0.2) is 195 Å². The predicted molar refractivity (Wildman–Crippen MR) is 308 cm³/mol. The van der Waals surface area contributed by atoms with E-state index >= 15 is 0 Å². The zero-order valence-corrected chi connectivity index (χ0v) is 42.9. The number of hydrogen-bond donors (Lipinski definition) is 3. The Morgan fingerprint density at radius 2 is 0.924 bits per heavy atom. The maximum absolute atomic E-state index is 13.6. The van der Waals surface area contributed by atoms with Crippen molar-refractivity contribution < 1.29 is 19.8 Å². The van der Waals surface area contributed by atoms with Crippen molar-refractivity contribution in [3.8, 4) is 44.8 Å². The first-order chi connectivity index (χ1) is 37.7. The van der Waals surface area contributed by atoms with E-state index in [2.05, 4.69) is 69.7 Å². The van der Waals surface area contributed by atoms with Crippen molar-refractivity contribution in [2.45, 2.75) is 69.2 Å². The molecule has 2 fully saturated rings. The fourth-order valence-corrected chi connectivity index (χ4v) is 11.9. The second kappa shape index (κ2) is 18.7. The molecule has 7 heterocycles. The van der Waals surface area contributed by atoms with Gasteiger partial charge in [0.1, 0.15) is 0 Å². The van der Waals surface area contributed by atoms with E-state index in [9.17, 15) is 19.8 Å². The van der Waals surface area contributed by atoms with E-state index in [4.69, 9.17) is 15.7 Å². The van der Waals surface area contributed by atoms with Gasteiger partial charge in [-0.25, -0.2) is 19.9 Å². The number of aliphatic hydroxyl groups is 2. The average molecular weight is 1040 g/mol. The molecule has 390 valence electrons. The molecular formula is C65H56N10O4. The standard InChI is InChI=1S/C36H27N5O3.C28H25N5O.CH4/c1-3-35(44)20-36(21-35,40-33(42)27-11-7-8-12-28(27)34(40)43)26-15-13-24(14-16-26)31-29(23-9-5-4-6-10-23)18-25-19-37-30-17-22(2)39-41(30)32(25)38-31;1-3-27(34)16-28(29,17-27)22-11-9-20(10-12-22)25-23(19-7-5-4-6-8-19)14-21-15-30-24-13-18(2)32-33(24)26(21)31-25;/h3-19,44H,1,20-21H2,2H3;3-15,34H,1,16-17,29H2,2H3;1H4. The van der Waals surface area contributed by atoms with Crippen molar-refractivity contribution in [2.24, 2.45) is 5.73 Å². The first-order valence-corrected chi connectivity index (χ1v) is 25.8. The quantitative estimate of drug-likeness (QED) is 0.0921. The molecule has 11 aromatic rings. The van der Waals surface area contributed by atoms with Gasteiger partial charge >= 0.3 is 0 Å². The molecule has 5 aromatic carbocycles. The molecule has 0 bridgehead atoms. The maximum atomic E-state index is 13.6. The van der Waals surface area contributed by atoms with Crippen molar-refractivity contribution in [3.05, 3.63) is 229 Å². The summed E-state index contributed by atoms with van der Waals surface area (Å²) in [5.41, 5.74) is 17.7. The van der Waals surface area contributed by atoms with Crippen molar-refractivity contribution in [3.63, 3.8) is 0 Å². The number of rotatable bonds is 9. The van der Waals surface area contributed by atoms with Crippen LogP contribution in [0.5, 0.6) is 0 Å². The Morgan fingerprint density at radius 3 is 1.35 bits per heavy atom. The average Bonchev–Trinajstić information content (AvgIpc) is 3.77. The number of nitrogens with two attached hydrogens (primary N) is 1. The Bertz CT molecular complexity index is 4220. The highest BCUT2D eigenvalue weighted by atomic mass is 16.3. The highest BCUT2D eigenvalue weighted by Gasteiger charge is 2.61. The summed E-state index contributed by atoms with van der Waals surface area (Å²) in [6.07, 6.45) is 8.03. The van der Waals surface area contributed by atoms with Crippen LogP contribution in [0, 0.1) is 13.8 Å². The Morgan fingerprint density at radius 1 is 0.519 bits per heavy atom. The number of hydrogen-bond acceptors (Lipinski definition) is 11. The van der Waals surface area contributed by atoms with Crippen molar-refractivity contribution in [1.82, 2.24) is 44.1 Å². The van der Waals surface area contributed by atoms with Crippen LogP contribution in [0.4, 0.5) is 0 Å². The summed E-state index contributed by atoms with van der Waals surface area (Å²) >= 11 is 0. The molecule has 0 saturated heterocycles. The smallest absolute Gasteiger partial charge is 0.262 e. The van der Waals surface area contributed by atoms with Crippen LogP contribution >= 0.6 is 0 Å². The lowest BCUT2D eigenvalue weighted by Crippen LogP contribution is -2.63. The van der Waals surface area contributed by atoms with E-state index in [1.54, 1.807) is 39.4 Å². The molecule has 0 radical (unpaired) electrons. The summed E-state index contributed by atoms with van der Waals surface area (Å²) < 4.78 is 3.57. The van der Waals surface area contributed by atoms with Crippen molar-refractivity contribution in [1.29, 1.82) is 0 Å². The minimum Gasteiger partial charge on any atom is -0.386 e. The van der Waals surface area contributed by atoms with Crippen LogP contribution in [0.3, 0.4) is 0 Å². The molecule has 0 unspecified atom stereocenters. The number of aromatic nitrogens is 8. The summed E-state index contributed by atoms with van der Waals surface area (Å²) in [4.78, 5) is 47.9. The Balaban J connectivity index is 0.000000161. The highest BCUT2D eigenvalue weighted by Crippen LogP contribution is 2.55. The zero-order valence-electron chi connectivity index (χ0n) is 42.9. The summed E-state index contributed by atoms with van der Waals surface area (Å²) in [6.45, 7) is 11.4. The zero-order chi connectivity index (χ0) is 53.7. The van der Waals surface area contributed by atoms with Crippen LogP contribution in [0.25, 0.3) is 78.1 Å². The number of fused-ring (bicyclic) bond motifs is 7. The molecule has 2 amide bonds. The number of benzene rings is 5. The molecule has 4 N–H and O–H groups in total. The summed E-state index contributed by atoms with van der Waals surface area (Å²) in [5.74, 6) is -0.703. The van der Waals surface area contributed by atoms with Gasteiger partial charge in [0.15, 0.2) is 22.6 Å². The molecular weight excluding hydrogens is 985 g/mol. The van der Waals surface area contributed by atoms with Gasteiger partial charge in [-0.05, 0) is 60.4 Å². The minimum absolute atomic E-state index is 0. The molecule has 0 atom stereocenters. The Kier molecular flexibility index (Phi) is 11.9. The van der Waals surface area contributed by atoms with E-state index in [1.807, 2.05) is 123 Å². The number of nitrogens with zero attached hydrogens (tertiary/aromatic N) is 9. The molecule has 3 aliphatic rings.